The lowest BCUT2D eigenvalue weighted by molar-refractivity contribution is -0.144. The number of rotatable bonds is 3. The molecule has 76 valence electrons. The van der Waals surface area contributed by atoms with Crippen LogP contribution < -0.4 is 5.73 Å². The molecule has 1 aromatic rings. The fourth-order valence-electron chi connectivity index (χ4n) is 1.04. The van der Waals surface area contributed by atoms with Gasteiger partial charge in [-0.2, -0.15) is 0 Å². The zero-order valence-electron chi connectivity index (χ0n) is 7.87. The molecule has 1 aromatic carbocycles. The van der Waals surface area contributed by atoms with Gasteiger partial charge < -0.3 is 10.5 Å². The molecule has 0 heterocycles. The molecule has 1 rings (SSSR count). The van der Waals surface area contributed by atoms with Crippen LogP contribution in [0, 0.1) is 0 Å². The Bertz CT molecular complexity index is 310. The predicted octanol–water partition coefficient (Wildman–Crippen LogP) is 1.90. The van der Waals surface area contributed by atoms with E-state index in [-0.39, 0.29) is 0 Å². The lowest BCUT2D eigenvalue weighted by Gasteiger charge is -2.10. The molecule has 0 radical (unpaired) electrons. The fourth-order valence-corrected chi connectivity index (χ4v) is 1.16. The highest BCUT2D eigenvalue weighted by Gasteiger charge is 2.16. The smallest absolute Gasteiger partial charge is 0.327 e. The van der Waals surface area contributed by atoms with E-state index in [1.54, 1.807) is 31.2 Å². The molecular formula is C10H12ClNO2. The van der Waals surface area contributed by atoms with Gasteiger partial charge in [-0.1, -0.05) is 23.7 Å². The van der Waals surface area contributed by atoms with Crippen molar-refractivity contribution in [1.82, 2.24) is 0 Å². The van der Waals surface area contributed by atoms with Gasteiger partial charge in [0.15, 0.2) is 0 Å². The highest BCUT2D eigenvalue weighted by molar-refractivity contribution is 6.30. The Morgan fingerprint density at radius 3 is 2.57 bits per heavy atom. The third kappa shape index (κ3) is 2.72. The van der Waals surface area contributed by atoms with Gasteiger partial charge in [0, 0.05) is 5.02 Å². The van der Waals surface area contributed by atoms with Crippen LogP contribution in [0.15, 0.2) is 24.3 Å². The summed E-state index contributed by atoms with van der Waals surface area (Å²) in [6, 6.07) is 6.08. The van der Waals surface area contributed by atoms with Gasteiger partial charge in [0.05, 0.1) is 6.61 Å². The Morgan fingerprint density at radius 1 is 1.50 bits per heavy atom. The van der Waals surface area contributed by atoms with E-state index in [2.05, 4.69) is 0 Å². The van der Waals surface area contributed by atoms with Crippen molar-refractivity contribution in [2.75, 3.05) is 6.61 Å². The maximum Gasteiger partial charge on any atom is 0.327 e. The van der Waals surface area contributed by atoms with Crippen molar-refractivity contribution in [1.29, 1.82) is 0 Å². The standard InChI is InChI=1S/C10H12ClNO2/c1-2-14-10(13)9(12)7-3-5-8(11)6-4-7/h3-6,9H,2,12H2,1H3/t9-/m1/s1. The molecule has 0 fully saturated rings. The summed E-state index contributed by atoms with van der Waals surface area (Å²) in [5.74, 6) is -0.421. The van der Waals surface area contributed by atoms with Gasteiger partial charge in [-0.05, 0) is 24.6 Å². The molecule has 14 heavy (non-hydrogen) atoms. The fraction of sp³-hybridized carbons (Fsp3) is 0.300. The number of hydrogen-bond acceptors (Lipinski definition) is 3. The van der Waals surface area contributed by atoms with Crippen LogP contribution in [0.25, 0.3) is 0 Å². The number of hydrogen-bond donors (Lipinski definition) is 1. The molecular weight excluding hydrogens is 202 g/mol. The number of esters is 1. The van der Waals surface area contributed by atoms with Crippen LogP contribution in [-0.4, -0.2) is 12.6 Å². The van der Waals surface area contributed by atoms with Gasteiger partial charge in [0.1, 0.15) is 6.04 Å². The molecule has 1 atom stereocenters. The lowest BCUT2D eigenvalue weighted by Crippen LogP contribution is -2.23. The van der Waals surface area contributed by atoms with E-state index < -0.39 is 12.0 Å². The Hall–Kier alpha value is -1.06. The van der Waals surface area contributed by atoms with Crippen molar-refractivity contribution in [2.45, 2.75) is 13.0 Å². The van der Waals surface area contributed by atoms with E-state index >= 15 is 0 Å². The van der Waals surface area contributed by atoms with Crippen LogP contribution in [0.4, 0.5) is 0 Å². The minimum absolute atomic E-state index is 0.333. The van der Waals surface area contributed by atoms with Gasteiger partial charge in [0.2, 0.25) is 0 Å². The van der Waals surface area contributed by atoms with Gasteiger partial charge in [-0.15, -0.1) is 0 Å². The van der Waals surface area contributed by atoms with Crippen LogP contribution >= 0.6 is 11.6 Å². The number of carbonyl (C=O) groups is 1. The normalized spacial score (nSPS) is 12.2. The molecule has 0 aliphatic rings. The largest absolute Gasteiger partial charge is 0.465 e. The van der Waals surface area contributed by atoms with Crippen molar-refractivity contribution in [3.05, 3.63) is 34.9 Å². The Morgan fingerprint density at radius 2 is 2.07 bits per heavy atom. The molecule has 0 aliphatic heterocycles. The summed E-state index contributed by atoms with van der Waals surface area (Å²) in [5.41, 5.74) is 6.36. The summed E-state index contributed by atoms with van der Waals surface area (Å²) in [4.78, 5) is 11.2. The molecule has 3 nitrogen and oxygen atoms in total. The number of halogens is 1. The van der Waals surface area contributed by atoms with Crippen molar-refractivity contribution in [3.8, 4) is 0 Å². The van der Waals surface area contributed by atoms with Gasteiger partial charge in [-0.25, -0.2) is 4.79 Å². The number of benzene rings is 1. The molecule has 0 saturated carbocycles. The maximum atomic E-state index is 11.2. The van der Waals surface area contributed by atoms with Crippen molar-refractivity contribution in [2.24, 2.45) is 5.73 Å². The van der Waals surface area contributed by atoms with Gasteiger partial charge in [0.25, 0.3) is 0 Å². The summed E-state index contributed by atoms with van der Waals surface area (Å²) < 4.78 is 4.79. The van der Waals surface area contributed by atoms with E-state index in [0.29, 0.717) is 17.2 Å². The summed E-state index contributed by atoms with van der Waals surface area (Å²) >= 11 is 5.70. The quantitative estimate of drug-likeness (QED) is 0.781. The molecule has 0 unspecified atom stereocenters. The summed E-state index contributed by atoms with van der Waals surface area (Å²) in [7, 11) is 0. The number of ether oxygens (including phenoxy) is 1. The summed E-state index contributed by atoms with van der Waals surface area (Å²) in [6.45, 7) is 2.08. The van der Waals surface area contributed by atoms with E-state index in [0.717, 1.165) is 0 Å². The SMILES string of the molecule is CCOC(=O)[C@H](N)c1ccc(Cl)cc1. The molecule has 0 saturated heterocycles. The topological polar surface area (TPSA) is 52.3 Å². The highest BCUT2D eigenvalue weighted by Crippen LogP contribution is 2.15. The van der Waals surface area contributed by atoms with Gasteiger partial charge >= 0.3 is 5.97 Å². The average molecular weight is 214 g/mol. The van der Waals surface area contributed by atoms with E-state index in [9.17, 15) is 4.79 Å². The molecule has 0 bridgehead atoms. The third-order valence-electron chi connectivity index (χ3n) is 1.77. The van der Waals surface area contributed by atoms with E-state index in [4.69, 9.17) is 22.1 Å². The minimum Gasteiger partial charge on any atom is -0.465 e. The van der Waals surface area contributed by atoms with Crippen LogP contribution in [0.3, 0.4) is 0 Å². The van der Waals surface area contributed by atoms with E-state index in [1.807, 2.05) is 0 Å². The van der Waals surface area contributed by atoms with Crippen LogP contribution in [0.5, 0.6) is 0 Å². The first kappa shape index (κ1) is 11.0. The predicted molar refractivity (Wildman–Crippen MR) is 55.0 cm³/mol. The molecule has 0 spiro atoms. The second-order valence-corrected chi connectivity index (χ2v) is 3.22. The van der Waals surface area contributed by atoms with Crippen LogP contribution in [-0.2, 0) is 9.53 Å². The van der Waals surface area contributed by atoms with Crippen molar-refractivity contribution >= 4 is 17.6 Å². The summed E-state index contributed by atoms with van der Waals surface area (Å²) in [5, 5.41) is 0.616. The molecule has 0 amide bonds. The third-order valence-corrected chi connectivity index (χ3v) is 2.02. The zero-order valence-corrected chi connectivity index (χ0v) is 8.62. The molecule has 0 aromatic heterocycles. The van der Waals surface area contributed by atoms with Crippen molar-refractivity contribution < 1.29 is 9.53 Å². The first-order valence-corrected chi connectivity index (χ1v) is 4.70. The second-order valence-electron chi connectivity index (χ2n) is 2.78. The molecule has 0 aliphatic carbocycles. The highest BCUT2D eigenvalue weighted by atomic mass is 35.5. The monoisotopic (exact) mass is 213 g/mol. The Kier molecular flexibility index (Phi) is 3.92. The van der Waals surface area contributed by atoms with E-state index in [1.165, 1.54) is 0 Å². The number of carbonyl (C=O) groups excluding carboxylic acids is 1. The Balaban J connectivity index is 2.73. The number of nitrogens with two attached hydrogens (primary N) is 1. The minimum atomic E-state index is -0.729. The Labute approximate surface area is 87.8 Å². The first-order chi connectivity index (χ1) is 6.65. The van der Waals surface area contributed by atoms with Crippen LogP contribution in [0.1, 0.15) is 18.5 Å². The first-order valence-electron chi connectivity index (χ1n) is 4.33. The average Bonchev–Trinajstić information content (AvgIpc) is 2.18. The maximum absolute atomic E-state index is 11.2. The molecule has 2 N–H and O–H groups in total. The van der Waals surface area contributed by atoms with Crippen molar-refractivity contribution in [3.63, 3.8) is 0 Å². The zero-order chi connectivity index (χ0) is 10.6. The second kappa shape index (κ2) is 4.98. The summed E-state index contributed by atoms with van der Waals surface area (Å²) in [6.07, 6.45) is 0. The van der Waals surface area contributed by atoms with Crippen LogP contribution in [0.2, 0.25) is 5.02 Å². The van der Waals surface area contributed by atoms with Gasteiger partial charge in [-0.3, -0.25) is 0 Å². The lowest BCUT2D eigenvalue weighted by atomic mass is 10.1. The molecule has 4 heteroatoms.